The third-order valence-electron chi connectivity index (χ3n) is 7.41. The van der Waals surface area contributed by atoms with Crippen LogP contribution >= 0.6 is 0 Å². The van der Waals surface area contributed by atoms with Gasteiger partial charge in [0, 0.05) is 45.5 Å². The van der Waals surface area contributed by atoms with Crippen molar-refractivity contribution in [3.8, 4) is 0 Å². The third-order valence-corrected chi connectivity index (χ3v) is 7.41. The van der Waals surface area contributed by atoms with Crippen molar-refractivity contribution in [2.75, 3.05) is 49.2 Å². The molecule has 29 heavy (non-hydrogen) atoms. The summed E-state index contributed by atoms with van der Waals surface area (Å²) in [5.41, 5.74) is 0.0846. The predicted molar refractivity (Wildman–Crippen MR) is 115 cm³/mol. The van der Waals surface area contributed by atoms with Crippen LogP contribution in [-0.4, -0.2) is 60.6 Å². The zero-order valence-corrected chi connectivity index (χ0v) is 18.0. The van der Waals surface area contributed by atoms with Gasteiger partial charge in [0.05, 0.1) is 11.2 Å². The lowest BCUT2D eigenvalue weighted by atomic mass is 9.85. The second kappa shape index (κ2) is 8.03. The van der Waals surface area contributed by atoms with Gasteiger partial charge in [-0.2, -0.15) is 0 Å². The lowest BCUT2D eigenvalue weighted by molar-refractivity contribution is -0.0847. The van der Waals surface area contributed by atoms with Gasteiger partial charge in [0.2, 0.25) is 0 Å². The fourth-order valence-electron chi connectivity index (χ4n) is 5.91. The maximum absolute atomic E-state index is 6.30. The minimum Gasteiger partial charge on any atom is -0.373 e. The van der Waals surface area contributed by atoms with Gasteiger partial charge in [-0.3, -0.25) is 0 Å². The van der Waals surface area contributed by atoms with E-state index in [-0.39, 0.29) is 11.2 Å². The van der Waals surface area contributed by atoms with E-state index in [0.29, 0.717) is 0 Å². The first-order chi connectivity index (χ1) is 14.2. The maximum Gasteiger partial charge on any atom is 0.134 e. The summed E-state index contributed by atoms with van der Waals surface area (Å²) in [6.45, 7) is 7.92. The third kappa shape index (κ3) is 4.11. The average Bonchev–Trinajstić information content (AvgIpc) is 2.74. The summed E-state index contributed by atoms with van der Waals surface area (Å²) in [5, 5.41) is 0. The summed E-state index contributed by atoms with van der Waals surface area (Å²) in [5.74, 6) is 3.01. The van der Waals surface area contributed by atoms with Gasteiger partial charge in [-0.25, -0.2) is 9.97 Å². The summed E-state index contributed by atoms with van der Waals surface area (Å²) in [4.78, 5) is 14.6. The van der Waals surface area contributed by atoms with Crippen molar-refractivity contribution in [1.82, 2.24) is 9.97 Å². The Morgan fingerprint density at radius 1 is 0.724 bits per heavy atom. The molecule has 2 atom stereocenters. The first kappa shape index (κ1) is 19.6. The van der Waals surface area contributed by atoms with Crippen LogP contribution in [0, 0.1) is 6.92 Å². The van der Waals surface area contributed by atoms with Crippen molar-refractivity contribution in [3.63, 3.8) is 0 Å². The van der Waals surface area contributed by atoms with E-state index >= 15 is 0 Å². The van der Waals surface area contributed by atoms with Crippen molar-refractivity contribution in [2.24, 2.45) is 0 Å². The van der Waals surface area contributed by atoms with Crippen molar-refractivity contribution in [3.05, 3.63) is 11.9 Å². The minimum absolute atomic E-state index is 0.0423. The van der Waals surface area contributed by atoms with Crippen LogP contribution in [0.5, 0.6) is 0 Å². The van der Waals surface area contributed by atoms with E-state index in [4.69, 9.17) is 19.4 Å². The predicted octanol–water partition coefficient (Wildman–Crippen LogP) is 3.86. The van der Waals surface area contributed by atoms with Crippen molar-refractivity contribution in [2.45, 2.75) is 82.3 Å². The molecule has 0 radical (unpaired) electrons. The Morgan fingerprint density at radius 3 is 1.66 bits per heavy atom. The summed E-state index contributed by atoms with van der Waals surface area (Å²) < 4.78 is 12.6. The van der Waals surface area contributed by atoms with Crippen LogP contribution in [0.25, 0.3) is 0 Å². The Balaban J connectivity index is 1.36. The standard InChI is InChI=1S/C23H36N4O2/c1-19-24-20(26-12-6-10-22(17-26)8-2-4-14-28-22)16-21(25-19)27-13-7-11-23(18-27)9-3-5-15-29-23/h16H,2-15,17-18H2,1H3. The molecule has 4 aliphatic heterocycles. The van der Waals surface area contributed by atoms with Crippen LogP contribution in [-0.2, 0) is 9.47 Å². The molecule has 5 rings (SSSR count). The summed E-state index contributed by atoms with van der Waals surface area (Å²) in [7, 11) is 0. The molecule has 2 unspecified atom stereocenters. The van der Waals surface area contributed by atoms with Gasteiger partial charge in [-0.15, -0.1) is 0 Å². The number of aromatic nitrogens is 2. The van der Waals surface area contributed by atoms with E-state index in [1.807, 2.05) is 6.92 Å². The van der Waals surface area contributed by atoms with Crippen LogP contribution in [0.15, 0.2) is 6.07 Å². The van der Waals surface area contributed by atoms with Crippen LogP contribution in [0.4, 0.5) is 11.6 Å². The fraction of sp³-hybridized carbons (Fsp3) is 0.826. The van der Waals surface area contributed by atoms with Gasteiger partial charge in [0.15, 0.2) is 0 Å². The zero-order valence-electron chi connectivity index (χ0n) is 18.0. The van der Waals surface area contributed by atoms with E-state index in [0.717, 1.165) is 56.9 Å². The van der Waals surface area contributed by atoms with Crippen molar-refractivity contribution < 1.29 is 9.47 Å². The largest absolute Gasteiger partial charge is 0.373 e. The molecule has 6 heteroatoms. The zero-order chi connectivity index (χ0) is 19.7. The molecule has 4 aliphatic rings. The van der Waals surface area contributed by atoms with Crippen LogP contribution < -0.4 is 9.80 Å². The molecule has 6 nitrogen and oxygen atoms in total. The Bertz CT molecular complexity index is 646. The van der Waals surface area contributed by atoms with Gasteiger partial charge in [-0.1, -0.05) is 0 Å². The van der Waals surface area contributed by atoms with E-state index in [9.17, 15) is 0 Å². The van der Waals surface area contributed by atoms with Gasteiger partial charge in [0.1, 0.15) is 17.5 Å². The van der Waals surface area contributed by atoms with E-state index in [1.165, 1.54) is 64.2 Å². The normalized spacial score (nSPS) is 33.4. The Labute approximate surface area is 175 Å². The lowest BCUT2D eigenvalue weighted by Crippen LogP contribution is -2.52. The maximum atomic E-state index is 6.30. The second-order valence-electron chi connectivity index (χ2n) is 9.66. The number of nitrogens with zero attached hydrogens (tertiary/aromatic N) is 4. The molecule has 0 N–H and O–H groups in total. The quantitative estimate of drug-likeness (QED) is 0.751. The molecule has 0 bridgehead atoms. The molecule has 2 spiro atoms. The number of ether oxygens (including phenoxy) is 2. The number of hydrogen-bond acceptors (Lipinski definition) is 6. The lowest BCUT2D eigenvalue weighted by Gasteiger charge is -2.46. The summed E-state index contributed by atoms with van der Waals surface area (Å²) in [6.07, 6.45) is 12.1. The molecule has 5 heterocycles. The van der Waals surface area contributed by atoms with E-state index in [2.05, 4.69) is 15.9 Å². The Kier molecular flexibility index (Phi) is 5.41. The Hall–Kier alpha value is -1.40. The summed E-state index contributed by atoms with van der Waals surface area (Å²) in [6, 6.07) is 2.22. The second-order valence-corrected chi connectivity index (χ2v) is 9.66. The Morgan fingerprint density at radius 2 is 1.21 bits per heavy atom. The highest BCUT2D eigenvalue weighted by Gasteiger charge is 2.40. The van der Waals surface area contributed by atoms with E-state index < -0.39 is 0 Å². The van der Waals surface area contributed by atoms with Gasteiger partial charge < -0.3 is 19.3 Å². The molecular formula is C23H36N4O2. The van der Waals surface area contributed by atoms with Gasteiger partial charge in [-0.05, 0) is 71.1 Å². The average molecular weight is 401 g/mol. The highest BCUT2D eigenvalue weighted by Crippen LogP contribution is 2.37. The number of rotatable bonds is 2. The van der Waals surface area contributed by atoms with Crippen molar-refractivity contribution >= 4 is 11.6 Å². The first-order valence-corrected chi connectivity index (χ1v) is 11.8. The number of anilines is 2. The number of aryl methyl sites for hydroxylation is 1. The molecule has 4 fully saturated rings. The minimum atomic E-state index is 0.0423. The van der Waals surface area contributed by atoms with Crippen LogP contribution in [0.1, 0.15) is 70.0 Å². The molecule has 0 amide bonds. The van der Waals surface area contributed by atoms with Crippen LogP contribution in [0.2, 0.25) is 0 Å². The van der Waals surface area contributed by atoms with Crippen LogP contribution in [0.3, 0.4) is 0 Å². The molecule has 160 valence electrons. The van der Waals surface area contributed by atoms with E-state index in [1.54, 1.807) is 0 Å². The topological polar surface area (TPSA) is 50.7 Å². The molecule has 0 aliphatic carbocycles. The number of piperidine rings is 2. The smallest absolute Gasteiger partial charge is 0.134 e. The molecule has 0 saturated carbocycles. The highest BCUT2D eigenvalue weighted by molar-refractivity contribution is 5.52. The van der Waals surface area contributed by atoms with Gasteiger partial charge in [0.25, 0.3) is 0 Å². The monoisotopic (exact) mass is 400 g/mol. The fourth-order valence-corrected chi connectivity index (χ4v) is 5.91. The van der Waals surface area contributed by atoms with Gasteiger partial charge >= 0.3 is 0 Å². The molecular weight excluding hydrogens is 364 g/mol. The first-order valence-electron chi connectivity index (χ1n) is 11.8. The number of hydrogen-bond donors (Lipinski definition) is 0. The summed E-state index contributed by atoms with van der Waals surface area (Å²) >= 11 is 0. The molecule has 0 aromatic carbocycles. The SMILES string of the molecule is Cc1nc(N2CCCC3(CCCCO3)C2)cc(N2CCCC3(CCCCO3)C2)n1. The molecule has 4 saturated heterocycles. The highest BCUT2D eigenvalue weighted by atomic mass is 16.5. The molecule has 1 aromatic heterocycles. The van der Waals surface area contributed by atoms with Crippen molar-refractivity contribution in [1.29, 1.82) is 0 Å². The molecule has 1 aromatic rings.